The molecule has 1 amide bonds. The number of alkyl halides is 3. The van der Waals surface area contributed by atoms with Gasteiger partial charge in [0.2, 0.25) is 11.9 Å². The van der Waals surface area contributed by atoms with Crippen LogP contribution in [-0.4, -0.2) is 59.9 Å². The molecule has 0 radical (unpaired) electrons. The number of carbonyl (C=O) groups excluding carboxylic acids is 1. The molecule has 4 aliphatic heterocycles. The van der Waals surface area contributed by atoms with E-state index in [1.165, 1.54) is 0 Å². The van der Waals surface area contributed by atoms with Crippen molar-refractivity contribution < 1.29 is 27.4 Å². The molecule has 0 saturated heterocycles. The van der Waals surface area contributed by atoms with Crippen molar-refractivity contribution in [3.8, 4) is 11.8 Å². The Morgan fingerprint density at radius 1 is 0.951 bits per heavy atom. The first-order chi connectivity index (χ1) is 19.4. The molecule has 6 bridgehead atoms. The summed E-state index contributed by atoms with van der Waals surface area (Å²) >= 11 is 0. The number of nitrogens with one attached hydrogen (secondary N) is 4. The molecule has 1 aromatic heterocycles. The SMILES string of the molecule is C=C1CNCC(C)(C)CNC(=O)c2ccc(cc2)Nc2nc(nc(OCC(F)(F)F)n2)NCc2ccc(cc2)OC1. The number of hydrogen-bond donors (Lipinski definition) is 4. The number of aromatic nitrogens is 3. The first-order valence-electron chi connectivity index (χ1n) is 12.9. The summed E-state index contributed by atoms with van der Waals surface area (Å²) < 4.78 is 48.9. The van der Waals surface area contributed by atoms with E-state index in [1.807, 2.05) is 38.1 Å². The van der Waals surface area contributed by atoms with Gasteiger partial charge in [-0.15, -0.1) is 0 Å². The lowest BCUT2D eigenvalue weighted by Gasteiger charge is -2.26. The highest BCUT2D eigenvalue weighted by Gasteiger charge is 2.29. The minimum absolute atomic E-state index is 0.0110. The molecule has 4 N–H and O–H groups in total. The number of carbonyl (C=O) groups is 1. The van der Waals surface area contributed by atoms with E-state index in [9.17, 15) is 18.0 Å². The Hall–Kier alpha value is -4.39. The minimum Gasteiger partial charge on any atom is -0.489 e. The van der Waals surface area contributed by atoms with E-state index in [2.05, 4.69) is 42.8 Å². The molecule has 218 valence electrons. The van der Waals surface area contributed by atoms with Crippen LogP contribution in [0.1, 0.15) is 29.8 Å². The Morgan fingerprint density at radius 3 is 2.37 bits per heavy atom. The fraction of sp³-hybridized carbons (Fsp3) is 0.357. The Kier molecular flexibility index (Phi) is 9.28. The highest BCUT2D eigenvalue weighted by Crippen LogP contribution is 2.21. The zero-order valence-corrected chi connectivity index (χ0v) is 22.8. The third kappa shape index (κ3) is 9.64. The predicted molar refractivity (Wildman–Crippen MR) is 148 cm³/mol. The molecule has 0 saturated carbocycles. The van der Waals surface area contributed by atoms with Crippen molar-refractivity contribution in [1.29, 1.82) is 0 Å². The van der Waals surface area contributed by atoms with Gasteiger partial charge in [0.1, 0.15) is 12.4 Å². The highest BCUT2D eigenvalue weighted by atomic mass is 19.4. The Labute approximate surface area is 235 Å². The van der Waals surface area contributed by atoms with Crippen LogP contribution in [0, 0.1) is 5.41 Å². The second-order valence-electron chi connectivity index (χ2n) is 10.4. The Morgan fingerprint density at radius 2 is 1.66 bits per heavy atom. The molecule has 10 nitrogen and oxygen atoms in total. The molecule has 7 rings (SSSR count). The number of anilines is 3. The van der Waals surface area contributed by atoms with Crippen molar-refractivity contribution in [2.75, 3.05) is 43.5 Å². The van der Waals surface area contributed by atoms with E-state index < -0.39 is 18.8 Å². The summed E-state index contributed by atoms with van der Waals surface area (Å²) in [6.45, 7) is 8.87. The largest absolute Gasteiger partial charge is 0.489 e. The van der Waals surface area contributed by atoms with Crippen molar-refractivity contribution in [2.45, 2.75) is 26.6 Å². The second kappa shape index (κ2) is 12.9. The number of ether oxygens (including phenoxy) is 2. The maximum atomic E-state index is 12.8. The average Bonchev–Trinajstić information content (AvgIpc) is 2.93. The van der Waals surface area contributed by atoms with Crippen LogP contribution in [-0.2, 0) is 6.54 Å². The van der Waals surface area contributed by atoms with Gasteiger partial charge >= 0.3 is 12.2 Å². The van der Waals surface area contributed by atoms with Gasteiger partial charge in [0.05, 0.1) is 0 Å². The fourth-order valence-electron chi connectivity index (χ4n) is 3.72. The average molecular weight is 572 g/mol. The first-order valence-corrected chi connectivity index (χ1v) is 12.9. The molecule has 3 aromatic rings. The number of rotatable bonds is 2. The van der Waals surface area contributed by atoms with E-state index in [0.29, 0.717) is 43.2 Å². The van der Waals surface area contributed by atoms with Gasteiger partial charge < -0.3 is 30.7 Å². The van der Waals surface area contributed by atoms with Gasteiger partial charge in [-0.25, -0.2) is 0 Å². The molecule has 0 fully saturated rings. The molecule has 0 unspecified atom stereocenters. The third-order valence-corrected chi connectivity index (χ3v) is 5.91. The first kappa shape index (κ1) is 29.6. The van der Waals surface area contributed by atoms with Gasteiger partial charge in [-0.05, 0) is 52.9 Å². The van der Waals surface area contributed by atoms with Crippen LogP contribution < -0.4 is 30.7 Å². The Balaban J connectivity index is 1.57. The van der Waals surface area contributed by atoms with Crippen LogP contribution in [0.3, 0.4) is 0 Å². The number of nitrogens with zero attached hydrogens (tertiary/aromatic N) is 3. The standard InChI is InChI=1S/C28H32F3N7O3/c1-18-12-32-15-27(2,3)16-34-23(39)20-6-8-21(9-7-20)35-25-36-24(37-26(38-25)41-17-28(29,30)31)33-13-19-4-10-22(11-5-19)40-14-18/h4-11,32H,1,12-17H2,2-3H3,(H,34,39)(H2,33,35,36,37,38). The van der Waals surface area contributed by atoms with Crippen LogP contribution in [0.25, 0.3) is 0 Å². The topological polar surface area (TPSA) is 122 Å². The molecule has 0 aliphatic carbocycles. The number of halogens is 3. The maximum absolute atomic E-state index is 12.8. The number of benzene rings is 2. The van der Waals surface area contributed by atoms with Crippen molar-refractivity contribution in [1.82, 2.24) is 25.6 Å². The van der Waals surface area contributed by atoms with Crippen molar-refractivity contribution >= 4 is 23.5 Å². The van der Waals surface area contributed by atoms with Gasteiger partial charge in [0.25, 0.3) is 5.91 Å². The smallest absolute Gasteiger partial charge is 0.422 e. The fourth-order valence-corrected chi connectivity index (χ4v) is 3.72. The van der Waals surface area contributed by atoms with E-state index in [0.717, 1.165) is 11.1 Å². The summed E-state index contributed by atoms with van der Waals surface area (Å²) in [7, 11) is 0. The summed E-state index contributed by atoms with van der Waals surface area (Å²) in [5.74, 6) is 0.395. The van der Waals surface area contributed by atoms with E-state index in [-0.39, 0.29) is 29.8 Å². The normalized spacial score (nSPS) is 16.5. The van der Waals surface area contributed by atoms with Crippen LogP contribution in [0.15, 0.2) is 60.7 Å². The third-order valence-electron chi connectivity index (χ3n) is 5.91. The lowest BCUT2D eigenvalue weighted by molar-refractivity contribution is -0.154. The summed E-state index contributed by atoms with van der Waals surface area (Å²) in [5.41, 5.74) is 2.45. The van der Waals surface area contributed by atoms with E-state index >= 15 is 0 Å². The van der Waals surface area contributed by atoms with E-state index in [4.69, 9.17) is 9.47 Å². The molecule has 4 aliphatic rings. The zero-order chi connectivity index (χ0) is 29.5. The van der Waals surface area contributed by atoms with Crippen LogP contribution in [0.5, 0.6) is 11.8 Å². The van der Waals surface area contributed by atoms with Crippen molar-refractivity contribution in [2.24, 2.45) is 5.41 Å². The summed E-state index contributed by atoms with van der Waals surface area (Å²) in [6, 6.07) is 13.3. The molecule has 13 heteroatoms. The molecule has 5 heterocycles. The van der Waals surface area contributed by atoms with Gasteiger partial charge in [-0.1, -0.05) is 32.6 Å². The van der Waals surface area contributed by atoms with E-state index in [1.54, 1.807) is 24.3 Å². The predicted octanol–water partition coefficient (Wildman–Crippen LogP) is 4.46. The molecular formula is C28H32F3N7O3. The second-order valence-corrected chi connectivity index (χ2v) is 10.4. The van der Waals surface area contributed by atoms with Gasteiger partial charge in [0.15, 0.2) is 6.61 Å². The quantitative estimate of drug-likeness (QED) is 0.330. The van der Waals surface area contributed by atoms with Gasteiger partial charge in [-0.2, -0.15) is 28.1 Å². The molecule has 41 heavy (non-hydrogen) atoms. The van der Waals surface area contributed by atoms with Crippen LogP contribution >= 0.6 is 0 Å². The zero-order valence-electron chi connectivity index (χ0n) is 22.8. The summed E-state index contributed by atoms with van der Waals surface area (Å²) in [6.07, 6.45) is -4.56. The number of amides is 1. The molecule has 2 aromatic carbocycles. The minimum atomic E-state index is -4.56. The summed E-state index contributed by atoms with van der Waals surface area (Å²) in [4.78, 5) is 24.9. The summed E-state index contributed by atoms with van der Waals surface area (Å²) in [5, 5.41) is 12.2. The van der Waals surface area contributed by atoms with Crippen LogP contribution in [0.2, 0.25) is 0 Å². The van der Waals surface area contributed by atoms with Crippen molar-refractivity contribution in [3.05, 3.63) is 71.8 Å². The Bertz CT molecular complexity index is 1350. The molecule has 0 atom stereocenters. The van der Waals surface area contributed by atoms with Gasteiger partial charge in [-0.3, -0.25) is 4.79 Å². The molecule has 0 spiro atoms. The lowest BCUT2D eigenvalue weighted by atomic mass is 9.93. The maximum Gasteiger partial charge on any atom is 0.422 e. The molecular weight excluding hydrogens is 539 g/mol. The number of hydrogen-bond acceptors (Lipinski definition) is 9. The van der Waals surface area contributed by atoms with Crippen LogP contribution in [0.4, 0.5) is 30.8 Å². The van der Waals surface area contributed by atoms with Gasteiger partial charge in [0, 0.05) is 37.4 Å². The van der Waals surface area contributed by atoms with Crippen molar-refractivity contribution in [3.63, 3.8) is 0 Å². The monoisotopic (exact) mass is 571 g/mol. The highest BCUT2D eigenvalue weighted by molar-refractivity contribution is 5.94. The lowest BCUT2D eigenvalue weighted by Crippen LogP contribution is -2.40.